The van der Waals surface area contributed by atoms with E-state index in [4.69, 9.17) is 9.72 Å². The summed E-state index contributed by atoms with van der Waals surface area (Å²) < 4.78 is 7.79. The summed E-state index contributed by atoms with van der Waals surface area (Å²) in [5.74, 6) is 1.95. The zero-order valence-corrected chi connectivity index (χ0v) is 18.4. The molecule has 0 unspecified atom stereocenters. The second-order valence-corrected chi connectivity index (χ2v) is 8.89. The lowest BCUT2D eigenvalue weighted by atomic mass is 10.0. The summed E-state index contributed by atoms with van der Waals surface area (Å²) in [6.45, 7) is 5.46. The number of morpholine rings is 1. The molecule has 0 atom stereocenters. The monoisotopic (exact) mass is 428 g/mol. The molecule has 164 valence electrons. The van der Waals surface area contributed by atoms with Gasteiger partial charge >= 0.3 is 0 Å². The van der Waals surface area contributed by atoms with Crippen LogP contribution >= 0.6 is 0 Å². The number of aryl methyl sites for hydroxylation is 1. The van der Waals surface area contributed by atoms with Crippen LogP contribution in [0.2, 0.25) is 0 Å². The first kappa shape index (κ1) is 19.5. The number of nitrogens with zero attached hydrogens (tertiary/aromatic N) is 5. The summed E-state index contributed by atoms with van der Waals surface area (Å²) in [7, 11) is 0. The van der Waals surface area contributed by atoms with Crippen molar-refractivity contribution in [2.75, 3.05) is 36.5 Å². The minimum Gasteiger partial charge on any atom is -0.378 e. The summed E-state index contributed by atoms with van der Waals surface area (Å²) in [5, 5.41) is 4.37. The SMILES string of the molecule is Cc1cc(Nc2ncc3ccc4ccc(C5CCCC5)n4c3n2)ncc1N1CCOCC1. The Balaban J connectivity index is 1.34. The van der Waals surface area contributed by atoms with Crippen molar-refractivity contribution in [1.82, 2.24) is 19.4 Å². The first-order valence-electron chi connectivity index (χ1n) is 11.6. The molecule has 2 aliphatic rings. The number of fused-ring (bicyclic) bond motifs is 3. The van der Waals surface area contributed by atoms with Crippen molar-refractivity contribution in [1.29, 1.82) is 0 Å². The smallest absolute Gasteiger partial charge is 0.230 e. The number of ether oxygens (including phenoxy) is 1. The quantitative estimate of drug-likeness (QED) is 0.502. The van der Waals surface area contributed by atoms with Crippen molar-refractivity contribution in [2.45, 2.75) is 38.5 Å². The van der Waals surface area contributed by atoms with Gasteiger partial charge in [-0.3, -0.25) is 4.40 Å². The maximum Gasteiger partial charge on any atom is 0.230 e. The summed E-state index contributed by atoms with van der Waals surface area (Å²) in [4.78, 5) is 16.5. The molecule has 6 rings (SSSR count). The van der Waals surface area contributed by atoms with Gasteiger partial charge in [-0.1, -0.05) is 12.8 Å². The minimum absolute atomic E-state index is 0.571. The maximum atomic E-state index is 5.47. The molecule has 0 spiro atoms. The van der Waals surface area contributed by atoms with Crippen molar-refractivity contribution >= 4 is 34.0 Å². The van der Waals surface area contributed by atoms with Gasteiger partial charge in [0.05, 0.1) is 25.1 Å². The number of hydrogen-bond acceptors (Lipinski definition) is 6. The Morgan fingerprint density at radius 2 is 1.81 bits per heavy atom. The van der Waals surface area contributed by atoms with E-state index in [2.05, 4.69) is 61.8 Å². The fourth-order valence-corrected chi connectivity index (χ4v) is 5.17. The number of hydrogen-bond donors (Lipinski definition) is 1. The summed E-state index contributed by atoms with van der Waals surface area (Å²) in [6, 6.07) is 10.8. The highest BCUT2D eigenvalue weighted by molar-refractivity contribution is 5.80. The Labute approximate surface area is 187 Å². The van der Waals surface area contributed by atoms with Crippen LogP contribution in [0.5, 0.6) is 0 Å². The van der Waals surface area contributed by atoms with Crippen LogP contribution in [0.25, 0.3) is 16.6 Å². The predicted octanol–water partition coefficient (Wildman–Crippen LogP) is 4.82. The van der Waals surface area contributed by atoms with E-state index < -0.39 is 0 Å². The van der Waals surface area contributed by atoms with E-state index in [1.807, 2.05) is 12.4 Å². The summed E-state index contributed by atoms with van der Waals surface area (Å²) in [5.41, 5.74) is 5.85. The van der Waals surface area contributed by atoms with Crippen LogP contribution in [-0.2, 0) is 4.74 Å². The van der Waals surface area contributed by atoms with Gasteiger partial charge in [-0.05, 0) is 61.6 Å². The number of anilines is 3. The van der Waals surface area contributed by atoms with Crippen molar-refractivity contribution in [2.24, 2.45) is 0 Å². The van der Waals surface area contributed by atoms with E-state index in [0.717, 1.165) is 48.8 Å². The van der Waals surface area contributed by atoms with E-state index in [0.29, 0.717) is 11.9 Å². The second-order valence-electron chi connectivity index (χ2n) is 8.89. The molecule has 0 bridgehead atoms. The highest BCUT2D eigenvalue weighted by Crippen LogP contribution is 2.36. The molecule has 1 saturated carbocycles. The lowest BCUT2D eigenvalue weighted by Crippen LogP contribution is -2.36. The average molecular weight is 429 g/mol. The zero-order valence-electron chi connectivity index (χ0n) is 18.4. The molecule has 0 radical (unpaired) electrons. The van der Waals surface area contributed by atoms with Crippen LogP contribution in [0.4, 0.5) is 17.5 Å². The largest absolute Gasteiger partial charge is 0.378 e. The lowest BCUT2D eigenvalue weighted by molar-refractivity contribution is 0.122. The minimum atomic E-state index is 0.571. The molecule has 4 aromatic heterocycles. The Morgan fingerprint density at radius 3 is 2.62 bits per heavy atom. The summed E-state index contributed by atoms with van der Waals surface area (Å²) in [6.07, 6.45) is 8.99. The van der Waals surface area contributed by atoms with E-state index >= 15 is 0 Å². The van der Waals surface area contributed by atoms with Gasteiger partial charge in [-0.2, -0.15) is 4.98 Å². The Hall–Kier alpha value is -3.19. The van der Waals surface area contributed by atoms with Gasteiger partial charge < -0.3 is 15.0 Å². The molecule has 1 N–H and O–H groups in total. The molecule has 7 nitrogen and oxygen atoms in total. The first-order chi connectivity index (χ1) is 15.8. The number of nitrogens with one attached hydrogen (secondary N) is 1. The van der Waals surface area contributed by atoms with Gasteiger partial charge in [0, 0.05) is 35.9 Å². The zero-order chi connectivity index (χ0) is 21.5. The molecular formula is C25H28N6O. The molecule has 0 amide bonds. The van der Waals surface area contributed by atoms with E-state index in [9.17, 15) is 0 Å². The molecule has 5 heterocycles. The van der Waals surface area contributed by atoms with Crippen LogP contribution < -0.4 is 10.2 Å². The van der Waals surface area contributed by atoms with Crippen molar-refractivity contribution in [3.05, 3.63) is 54.0 Å². The first-order valence-corrected chi connectivity index (χ1v) is 11.6. The third-order valence-electron chi connectivity index (χ3n) is 6.83. The fraction of sp³-hybridized carbons (Fsp3) is 0.400. The van der Waals surface area contributed by atoms with Crippen LogP contribution in [-0.4, -0.2) is 45.7 Å². The Kier molecular flexibility index (Phi) is 4.91. The van der Waals surface area contributed by atoms with Crippen molar-refractivity contribution in [3.63, 3.8) is 0 Å². The van der Waals surface area contributed by atoms with Gasteiger partial charge in [-0.15, -0.1) is 0 Å². The molecule has 0 aromatic carbocycles. The Bertz CT molecular complexity index is 1270. The standard InChI is InChI=1S/C25H28N6O/c1-17-14-23(26-16-22(17)30-10-12-32-13-11-30)28-25-27-15-19-6-7-20-8-9-21(18-4-2-3-5-18)31(20)24(19)29-25/h6-9,14-16,18H,2-5,10-13H2,1H3,(H,26,27,28,29). The highest BCUT2D eigenvalue weighted by Gasteiger charge is 2.21. The fourth-order valence-electron chi connectivity index (χ4n) is 5.17. The highest BCUT2D eigenvalue weighted by atomic mass is 16.5. The van der Waals surface area contributed by atoms with Crippen LogP contribution in [0, 0.1) is 6.92 Å². The molecule has 1 aliphatic heterocycles. The number of pyridine rings is 2. The van der Waals surface area contributed by atoms with Crippen LogP contribution in [0.1, 0.15) is 42.9 Å². The van der Waals surface area contributed by atoms with Gasteiger partial charge in [0.25, 0.3) is 0 Å². The lowest BCUT2D eigenvalue weighted by Gasteiger charge is -2.29. The number of aromatic nitrogens is 4. The predicted molar refractivity (Wildman–Crippen MR) is 127 cm³/mol. The van der Waals surface area contributed by atoms with Gasteiger partial charge in [-0.25, -0.2) is 9.97 Å². The van der Waals surface area contributed by atoms with Gasteiger partial charge in [0.2, 0.25) is 5.95 Å². The van der Waals surface area contributed by atoms with Crippen LogP contribution in [0.3, 0.4) is 0 Å². The molecular weight excluding hydrogens is 400 g/mol. The number of rotatable bonds is 4. The molecule has 1 saturated heterocycles. The molecule has 32 heavy (non-hydrogen) atoms. The van der Waals surface area contributed by atoms with E-state index in [1.54, 1.807) is 0 Å². The average Bonchev–Trinajstić information content (AvgIpc) is 3.50. The van der Waals surface area contributed by atoms with E-state index in [1.165, 1.54) is 42.5 Å². The second kappa shape index (κ2) is 8.06. The van der Waals surface area contributed by atoms with Crippen LogP contribution in [0.15, 0.2) is 42.7 Å². The normalized spacial score (nSPS) is 17.5. The van der Waals surface area contributed by atoms with E-state index in [-0.39, 0.29) is 0 Å². The Morgan fingerprint density at radius 1 is 1.00 bits per heavy atom. The molecule has 7 heteroatoms. The third kappa shape index (κ3) is 3.46. The topological polar surface area (TPSA) is 67.6 Å². The van der Waals surface area contributed by atoms with Gasteiger partial charge in [0.15, 0.2) is 0 Å². The molecule has 2 fully saturated rings. The van der Waals surface area contributed by atoms with Crippen molar-refractivity contribution < 1.29 is 4.74 Å². The maximum absolute atomic E-state index is 5.47. The van der Waals surface area contributed by atoms with Crippen molar-refractivity contribution in [3.8, 4) is 0 Å². The molecule has 4 aromatic rings. The summed E-state index contributed by atoms with van der Waals surface area (Å²) >= 11 is 0. The molecule has 1 aliphatic carbocycles. The third-order valence-corrected chi connectivity index (χ3v) is 6.83. The van der Waals surface area contributed by atoms with Gasteiger partial charge in [0.1, 0.15) is 11.5 Å².